The Bertz CT molecular complexity index is 1300. The number of halogens is 2. The quantitative estimate of drug-likeness (QED) is 0.476. The topological polar surface area (TPSA) is 107 Å². The highest BCUT2D eigenvalue weighted by molar-refractivity contribution is 6.36. The molecule has 29 heavy (non-hydrogen) atoms. The highest BCUT2D eigenvalue weighted by Crippen LogP contribution is 2.30. The Kier molecular flexibility index (Phi) is 4.96. The van der Waals surface area contributed by atoms with E-state index in [0.717, 1.165) is 0 Å². The maximum atomic E-state index is 12.5. The molecule has 0 saturated carbocycles. The Labute approximate surface area is 173 Å². The van der Waals surface area contributed by atoms with Crippen LogP contribution in [0.2, 0.25) is 10.0 Å². The largest absolute Gasteiger partial charge is 0.493 e. The minimum Gasteiger partial charge on any atom is -0.493 e. The minimum atomic E-state index is -0.833. The van der Waals surface area contributed by atoms with Gasteiger partial charge in [-0.1, -0.05) is 40.4 Å². The van der Waals surface area contributed by atoms with Crippen LogP contribution in [0.3, 0.4) is 0 Å². The van der Waals surface area contributed by atoms with Gasteiger partial charge in [0.1, 0.15) is 5.56 Å². The molecule has 0 atom stereocenters. The number of nitrogens with zero attached hydrogens (tertiary/aromatic N) is 2. The van der Waals surface area contributed by atoms with Crippen molar-refractivity contribution in [2.45, 2.75) is 0 Å². The molecule has 0 spiro atoms. The molecule has 0 radical (unpaired) electrons. The predicted molar refractivity (Wildman–Crippen MR) is 107 cm³/mol. The van der Waals surface area contributed by atoms with E-state index >= 15 is 0 Å². The standard InChI is InChI=1S/C19H11Cl2N3O5/c1-27-14-4-2-3-9-7-12(18(26)28-15(9)14)16(25)22-19-24-23-17(29-19)11-6-5-10(20)8-13(11)21/h2-8H,1H3,(H,22,24,25). The van der Waals surface area contributed by atoms with Crippen molar-refractivity contribution < 1.29 is 18.4 Å². The number of nitrogens with one attached hydrogen (secondary N) is 1. The third kappa shape index (κ3) is 3.67. The molecular formula is C19H11Cl2N3O5. The Morgan fingerprint density at radius 2 is 1.93 bits per heavy atom. The number of anilines is 1. The molecule has 10 heteroatoms. The van der Waals surface area contributed by atoms with Crippen LogP contribution < -0.4 is 15.7 Å². The van der Waals surface area contributed by atoms with Gasteiger partial charge in [-0.25, -0.2) is 4.79 Å². The van der Waals surface area contributed by atoms with E-state index < -0.39 is 11.5 Å². The first-order valence-electron chi connectivity index (χ1n) is 8.17. The molecule has 2 aromatic heterocycles. The van der Waals surface area contributed by atoms with E-state index in [9.17, 15) is 9.59 Å². The molecule has 4 aromatic rings. The van der Waals surface area contributed by atoms with Crippen molar-refractivity contribution in [3.63, 3.8) is 0 Å². The van der Waals surface area contributed by atoms with Crippen LogP contribution in [0.1, 0.15) is 10.4 Å². The van der Waals surface area contributed by atoms with Gasteiger partial charge in [-0.15, -0.1) is 5.10 Å². The molecule has 0 aliphatic rings. The molecule has 4 rings (SSSR count). The summed E-state index contributed by atoms with van der Waals surface area (Å²) in [5, 5.41) is 11.2. The van der Waals surface area contributed by atoms with Crippen LogP contribution in [0.4, 0.5) is 6.01 Å². The summed E-state index contributed by atoms with van der Waals surface area (Å²) in [6.07, 6.45) is 0. The van der Waals surface area contributed by atoms with Gasteiger partial charge >= 0.3 is 11.6 Å². The zero-order valence-corrected chi connectivity index (χ0v) is 16.2. The van der Waals surface area contributed by atoms with Crippen molar-refractivity contribution in [2.24, 2.45) is 0 Å². The van der Waals surface area contributed by atoms with E-state index in [2.05, 4.69) is 15.5 Å². The molecule has 2 heterocycles. The van der Waals surface area contributed by atoms with Crippen molar-refractivity contribution in [2.75, 3.05) is 12.4 Å². The van der Waals surface area contributed by atoms with Crippen LogP contribution in [-0.2, 0) is 0 Å². The lowest BCUT2D eigenvalue weighted by atomic mass is 10.1. The summed E-state index contributed by atoms with van der Waals surface area (Å²) in [4.78, 5) is 24.8. The van der Waals surface area contributed by atoms with Crippen LogP contribution in [0.15, 0.2) is 56.1 Å². The number of carbonyl (C=O) groups excluding carboxylic acids is 1. The molecule has 8 nitrogen and oxygen atoms in total. The second-order valence-corrected chi connectivity index (χ2v) is 6.66. The van der Waals surface area contributed by atoms with Gasteiger partial charge in [0.15, 0.2) is 11.3 Å². The fourth-order valence-corrected chi connectivity index (χ4v) is 3.14. The normalized spacial score (nSPS) is 10.9. The van der Waals surface area contributed by atoms with Gasteiger partial charge in [0.05, 0.1) is 17.7 Å². The molecule has 1 amide bonds. The average molecular weight is 432 g/mol. The van der Waals surface area contributed by atoms with E-state index in [1.807, 2.05) is 0 Å². The van der Waals surface area contributed by atoms with Crippen LogP contribution in [0.25, 0.3) is 22.4 Å². The van der Waals surface area contributed by atoms with Crippen molar-refractivity contribution in [1.82, 2.24) is 10.2 Å². The summed E-state index contributed by atoms with van der Waals surface area (Å²) < 4.78 is 15.8. The molecule has 0 aliphatic heterocycles. The number of hydrogen-bond acceptors (Lipinski definition) is 7. The molecule has 146 valence electrons. The second-order valence-electron chi connectivity index (χ2n) is 5.82. The molecule has 0 fully saturated rings. The van der Waals surface area contributed by atoms with Crippen molar-refractivity contribution in [1.29, 1.82) is 0 Å². The number of amides is 1. The third-order valence-electron chi connectivity index (χ3n) is 4.00. The summed E-state index contributed by atoms with van der Waals surface area (Å²) in [5.41, 5.74) is -0.370. The van der Waals surface area contributed by atoms with E-state index in [1.54, 1.807) is 30.3 Å². The maximum absolute atomic E-state index is 12.5. The number of benzene rings is 2. The van der Waals surface area contributed by atoms with Crippen LogP contribution in [-0.4, -0.2) is 23.2 Å². The lowest BCUT2D eigenvalue weighted by molar-refractivity contribution is 0.102. The molecule has 1 N–H and O–H groups in total. The van der Waals surface area contributed by atoms with E-state index in [-0.39, 0.29) is 23.1 Å². The number of methoxy groups -OCH3 is 1. The van der Waals surface area contributed by atoms with Gasteiger partial charge in [0, 0.05) is 10.4 Å². The average Bonchev–Trinajstić information content (AvgIpc) is 3.15. The number of rotatable bonds is 4. The van der Waals surface area contributed by atoms with E-state index in [4.69, 9.17) is 36.8 Å². The smallest absolute Gasteiger partial charge is 0.349 e. The molecule has 0 saturated heterocycles. The fourth-order valence-electron chi connectivity index (χ4n) is 2.65. The van der Waals surface area contributed by atoms with Crippen LogP contribution >= 0.6 is 23.2 Å². The Balaban J connectivity index is 1.63. The second kappa shape index (κ2) is 7.57. The molecular weight excluding hydrogens is 421 g/mol. The number of para-hydroxylation sites is 1. The first-order valence-corrected chi connectivity index (χ1v) is 8.93. The molecule has 0 aliphatic carbocycles. The van der Waals surface area contributed by atoms with E-state index in [0.29, 0.717) is 26.7 Å². The monoisotopic (exact) mass is 431 g/mol. The third-order valence-corrected chi connectivity index (χ3v) is 4.54. The van der Waals surface area contributed by atoms with Crippen LogP contribution in [0.5, 0.6) is 5.75 Å². The van der Waals surface area contributed by atoms with Crippen molar-refractivity contribution >= 4 is 46.1 Å². The maximum Gasteiger partial charge on any atom is 0.349 e. The highest BCUT2D eigenvalue weighted by atomic mass is 35.5. The van der Waals surface area contributed by atoms with E-state index in [1.165, 1.54) is 19.2 Å². The van der Waals surface area contributed by atoms with Gasteiger partial charge < -0.3 is 13.6 Å². The number of hydrogen-bond donors (Lipinski definition) is 1. The zero-order valence-electron chi connectivity index (χ0n) is 14.7. The van der Waals surface area contributed by atoms with Crippen LogP contribution in [0, 0.1) is 0 Å². The lowest BCUT2D eigenvalue weighted by Crippen LogP contribution is -2.20. The highest BCUT2D eigenvalue weighted by Gasteiger charge is 2.19. The van der Waals surface area contributed by atoms with Gasteiger partial charge in [0.2, 0.25) is 0 Å². The Morgan fingerprint density at radius 1 is 1.10 bits per heavy atom. The Hall–Kier alpha value is -3.36. The number of fused-ring (bicyclic) bond motifs is 1. The predicted octanol–water partition coefficient (Wildman–Crippen LogP) is 4.41. The minimum absolute atomic E-state index is 0.0808. The van der Waals surface area contributed by atoms with Gasteiger partial charge in [-0.3, -0.25) is 10.1 Å². The van der Waals surface area contributed by atoms with Gasteiger partial charge in [-0.05, 0) is 30.3 Å². The first kappa shape index (κ1) is 19.0. The SMILES string of the molecule is COc1cccc2cc(C(=O)Nc3nnc(-c4ccc(Cl)cc4Cl)o3)c(=O)oc12. The fraction of sp³-hybridized carbons (Fsp3) is 0.0526. The summed E-state index contributed by atoms with van der Waals surface area (Å²) in [6, 6.07) is 11.0. The molecule has 2 aromatic carbocycles. The van der Waals surface area contributed by atoms with Crippen molar-refractivity contribution in [3.8, 4) is 17.2 Å². The molecule has 0 bridgehead atoms. The lowest BCUT2D eigenvalue weighted by Gasteiger charge is -2.05. The van der Waals surface area contributed by atoms with Gasteiger partial charge in [0.25, 0.3) is 11.8 Å². The molecule has 0 unspecified atom stereocenters. The number of aromatic nitrogens is 2. The number of carbonyl (C=O) groups is 1. The summed E-state index contributed by atoms with van der Waals surface area (Å²) in [7, 11) is 1.45. The zero-order chi connectivity index (χ0) is 20.5. The number of ether oxygens (including phenoxy) is 1. The first-order chi connectivity index (χ1) is 14.0. The summed E-state index contributed by atoms with van der Waals surface area (Å²) in [5.74, 6) is -0.300. The van der Waals surface area contributed by atoms with Crippen molar-refractivity contribution in [3.05, 3.63) is 68.5 Å². The Morgan fingerprint density at radius 3 is 2.69 bits per heavy atom. The summed E-state index contributed by atoms with van der Waals surface area (Å²) >= 11 is 12.0. The van der Waals surface area contributed by atoms with Gasteiger partial charge in [-0.2, -0.15) is 0 Å². The summed E-state index contributed by atoms with van der Waals surface area (Å²) in [6.45, 7) is 0.